The van der Waals surface area contributed by atoms with E-state index in [2.05, 4.69) is 21.1 Å². The van der Waals surface area contributed by atoms with E-state index in [9.17, 15) is 14.2 Å². The maximum absolute atomic E-state index is 12.8. The Balaban J connectivity index is 2.32. The van der Waals surface area contributed by atoms with E-state index in [1.807, 2.05) is 0 Å². The van der Waals surface area contributed by atoms with Gasteiger partial charge in [0.05, 0.1) is 13.2 Å². The zero-order valence-electron chi connectivity index (χ0n) is 18.2. The van der Waals surface area contributed by atoms with E-state index < -0.39 is 7.82 Å². The number of nitrogens with zero attached hydrogens (tertiary/aromatic N) is 3. The lowest BCUT2D eigenvalue weighted by atomic mass is 10.1. The number of carbonyl (C=O) groups excluding carboxylic acids is 2. The van der Waals surface area contributed by atoms with Gasteiger partial charge in [0.25, 0.3) is 0 Å². The highest BCUT2D eigenvalue weighted by Gasteiger charge is 2.20. The predicted molar refractivity (Wildman–Crippen MR) is 127 cm³/mol. The van der Waals surface area contributed by atoms with Crippen LogP contribution in [0, 0.1) is 6.92 Å². The first-order chi connectivity index (χ1) is 15.5. The van der Waals surface area contributed by atoms with Crippen LogP contribution in [0.2, 0.25) is 0 Å². The number of nitrogens with two attached hydrogens (primary N) is 1. The Labute approximate surface area is 195 Å². The summed E-state index contributed by atoms with van der Waals surface area (Å²) in [6, 6.07) is 6.78. The maximum atomic E-state index is 12.8. The van der Waals surface area contributed by atoms with Crippen LogP contribution in [0.3, 0.4) is 0 Å². The Kier molecular flexibility index (Phi) is 9.51. The second-order valence-electron chi connectivity index (χ2n) is 6.86. The van der Waals surface area contributed by atoms with Crippen LogP contribution in [0.15, 0.2) is 47.6 Å². The molecule has 10 nitrogen and oxygen atoms in total. The number of rotatable bonds is 11. The fourth-order valence-corrected chi connectivity index (χ4v) is 3.96. The first kappa shape index (κ1) is 26.4. The molecule has 0 aliphatic carbocycles. The van der Waals surface area contributed by atoms with Crippen molar-refractivity contribution in [2.75, 3.05) is 12.3 Å². The van der Waals surface area contributed by atoms with E-state index in [1.54, 1.807) is 44.2 Å². The van der Waals surface area contributed by atoms with Gasteiger partial charge in [0.2, 0.25) is 11.5 Å². The summed E-state index contributed by atoms with van der Waals surface area (Å²) in [5.41, 5.74) is 8.11. The molecule has 0 saturated carbocycles. The number of aryl methyl sites for hydroxylation is 1. The summed E-state index contributed by atoms with van der Waals surface area (Å²) in [5, 5.41) is -0.305. The molecule has 0 aliphatic rings. The quantitative estimate of drug-likeness (QED) is 0.314. The highest BCUT2D eigenvalue weighted by Crippen LogP contribution is 2.37. The van der Waals surface area contributed by atoms with Crippen LogP contribution < -0.4 is 5.73 Å². The molecule has 0 atom stereocenters. The Morgan fingerprint density at radius 1 is 1.33 bits per heavy atom. The number of allylic oxidation sites excluding steroid dienone is 1. The van der Waals surface area contributed by atoms with E-state index in [0.717, 1.165) is 17.3 Å². The summed E-state index contributed by atoms with van der Waals surface area (Å²) < 4.78 is 15.6. The van der Waals surface area contributed by atoms with Gasteiger partial charge in [-0.15, -0.1) is 0 Å². The summed E-state index contributed by atoms with van der Waals surface area (Å²) in [6.07, 6.45) is 3.72. The average Bonchev–Trinajstić information content (AvgIpc) is 2.76. The molecular formula is C21H25N4O6PS. The van der Waals surface area contributed by atoms with Crippen LogP contribution in [0.4, 0.5) is 5.82 Å². The van der Waals surface area contributed by atoms with Crippen LogP contribution in [-0.4, -0.2) is 42.8 Å². The van der Waals surface area contributed by atoms with Crippen LogP contribution in [0.1, 0.15) is 40.7 Å². The highest BCUT2D eigenvalue weighted by molar-refractivity contribution is 8.17. The van der Waals surface area contributed by atoms with Crippen molar-refractivity contribution in [3.63, 3.8) is 0 Å². The highest BCUT2D eigenvalue weighted by atomic mass is 32.2. The first-order valence-corrected chi connectivity index (χ1v) is 12.0. The molecule has 4 N–H and O–H groups in total. The van der Waals surface area contributed by atoms with Crippen molar-refractivity contribution >= 4 is 43.0 Å². The lowest BCUT2D eigenvalue weighted by molar-refractivity contribution is -0.116. The molecule has 0 spiro atoms. The number of nitrogen functional groups attached to an aromatic ring is 1. The van der Waals surface area contributed by atoms with Gasteiger partial charge in [-0.2, -0.15) is 0 Å². The molecule has 0 unspecified atom stereocenters. The van der Waals surface area contributed by atoms with Crippen LogP contribution in [0.25, 0.3) is 6.08 Å². The zero-order valence-corrected chi connectivity index (χ0v) is 19.9. The standard InChI is InChI=1S/C21H25N4O6PS/c1-4-16-5-7-17(8-6-16)21(27)33-19(9-10-31-32(28,29)30)14(2)25(13-26)12-18-11-23-15(3)24-20(18)22/h4-8,11,13H,1,9-10,12H2,2-3H3,(H2,22,23,24)(H2,28,29,30). The molecule has 12 heteroatoms. The summed E-state index contributed by atoms with van der Waals surface area (Å²) in [5.74, 6) is 0.708. The Bertz CT molecular complexity index is 1100. The number of hydrogen-bond acceptors (Lipinski definition) is 8. The van der Waals surface area contributed by atoms with Crippen LogP contribution >= 0.6 is 19.6 Å². The lowest BCUT2D eigenvalue weighted by Crippen LogP contribution is -2.22. The summed E-state index contributed by atoms with van der Waals surface area (Å²) in [6.45, 7) is 6.67. The molecule has 1 amide bonds. The lowest BCUT2D eigenvalue weighted by Gasteiger charge is -2.22. The van der Waals surface area contributed by atoms with Crippen LogP contribution in [0.5, 0.6) is 0 Å². The average molecular weight is 492 g/mol. The minimum Gasteiger partial charge on any atom is -0.383 e. The maximum Gasteiger partial charge on any atom is 0.469 e. The van der Waals surface area contributed by atoms with Crippen LogP contribution in [-0.2, 0) is 20.4 Å². The number of aromatic nitrogens is 2. The van der Waals surface area contributed by atoms with E-state index >= 15 is 0 Å². The van der Waals surface area contributed by atoms with Crippen molar-refractivity contribution in [3.8, 4) is 0 Å². The Morgan fingerprint density at radius 2 is 2.00 bits per heavy atom. The molecule has 1 aromatic carbocycles. The van der Waals surface area contributed by atoms with Gasteiger partial charge in [0, 0.05) is 34.3 Å². The molecule has 2 rings (SSSR count). The minimum atomic E-state index is -4.69. The van der Waals surface area contributed by atoms with Gasteiger partial charge < -0.3 is 20.4 Å². The minimum absolute atomic E-state index is 0.0116. The number of hydrogen-bond donors (Lipinski definition) is 3. The number of amides is 1. The molecular weight excluding hydrogens is 467 g/mol. The van der Waals surface area contributed by atoms with Gasteiger partial charge in [-0.25, -0.2) is 14.5 Å². The molecule has 0 saturated heterocycles. The molecule has 0 aliphatic heterocycles. The van der Waals surface area contributed by atoms with E-state index in [-0.39, 0.29) is 30.5 Å². The second kappa shape index (κ2) is 11.9. The number of carbonyl (C=O) groups is 2. The smallest absolute Gasteiger partial charge is 0.383 e. The first-order valence-electron chi connectivity index (χ1n) is 9.68. The normalized spacial score (nSPS) is 12.1. The fraction of sp³-hybridized carbons (Fsp3) is 0.238. The summed E-state index contributed by atoms with van der Waals surface area (Å²) >= 11 is 0.850. The van der Waals surface area contributed by atoms with E-state index in [4.69, 9.17) is 15.5 Å². The largest absolute Gasteiger partial charge is 0.469 e. The molecule has 176 valence electrons. The molecule has 1 heterocycles. The summed E-state index contributed by atoms with van der Waals surface area (Å²) in [4.78, 5) is 52.5. The van der Waals surface area contributed by atoms with Crippen molar-refractivity contribution in [1.29, 1.82) is 0 Å². The zero-order chi connectivity index (χ0) is 24.6. The molecule has 33 heavy (non-hydrogen) atoms. The summed E-state index contributed by atoms with van der Waals surface area (Å²) in [7, 11) is -4.69. The number of thioether (sulfide) groups is 1. The monoisotopic (exact) mass is 492 g/mol. The molecule has 0 fully saturated rings. The Morgan fingerprint density at radius 3 is 2.55 bits per heavy atom. The van der Waals surface area contributed by atoms with Gasteiger partial charge >= 0.3 is 7.82 Å². The van der Waals surface area contributed by atoms with Crippen molar-refractivity contribution in [2.45, 2.75) is 26.8 Å². The van der Waals surface area contributed by atoms with Gasteiger partial charge in [0.15, 0.2) is 0 Å². The third-order valence-electron chi connectivity index (χ3n) is 4.51. The van der Waals surface area contributed by atoms with Crippen molar-refractivity contribution in [2.24, 2.45) is 0 Å². The number of phosphoric acid groups is 1. The van der Waals surface area contributed by atoms with Gasteiger partial charge in [-0.1, -0.05) is 24.8 Å². The van der Waals surface area contributed by atoms with Gasteiger partial charge in [-0.05, 0) is 43.3 Å². The Hall–Kier alpha value is -2.82. The third kappa shape index (κ3) is 8.23. The van der Waals surface area contributed by atoms with E-state index in [0.29, 0.717) is 34.0 Å². The third-order valence-corrected chi connectivity index (χ3v) is 6.19. The van der Waals surface area contributed by atoms with Gasteiger partial charge in [0.1, 0.15) is 11.6 Å². The second-order valence-corrected chi connectivity index (χ2v) is 9.17. The fourth-order valence-electron chi connectivity index (χ4n) is 2.70. The topological polar surface area (TPSA) is 156 Å². The predicted octanol–water partition coefficient (Wildman–Crippen LogP) is 3.27. The van der Waals surface area contributed by atoms with Crippen molar-refractivity contribution in [1.82, 2.24) is 14.9 Å². The van der Waals surface area contributed by atoms with Crippen molar-refractivity contribution in [3.05, 3.63) is 70.2 Å². The number of benzene rings is 1. The molecule has 2 aromatic rings. The molecule has 0 bridgehead atoms. The van der Waals surface area contributed by atoms with Crippen molar-refractivity contribution < 1.29 is 28.5 Å². The van der Waals surface area contributed by atoms with Gasteiger partial charge in [-0.3, -0.25) is 14.1 Å². The SMILES string of the molecule is C=Cc1ccc(C(=O)SC(CCOP(=O)(O)O)=C(C)N(C=O)Cc2cnc(C)nc2N)cc1. The molecule has 1 aromatic heterocycles. The molecule has 0 radical (unpaired) electrons. The number of anilines is 1. The van der Waals surface area contributed by atoms with E-state index in [1.165, 1.54) is 11.1 Å². The number of phosphoric ester groups is 1.